The highest BCUT2D eigenvalue weighted by Gasteiger charge is 2.09. The number of aromatic amines is 2. The minimum absolute atomic E-state index is 0.242. The van der Waals surface area contributed by atoms with Gasteiger partial charge in [0.25, 0.3) is 5.91 Å². The van der Waals surface area contributed by atoms with Crippen molar-refractivity contribution < 1.29 is 4.79 Å². The zero-order valence-corrected chi connectivity index (χ0v) is 10.2. The molecule has 1 amide bonds. The number of nitrogens with zero attached hydrogens (tertiary/aromatic N) is 1. The minimum atomic E-state index is -0.312. The summed E-state index contributed by atoms with van der Waals surface area (Å²) in [5.41, 5.74) is 1.09. The van der Waals surface area contributed by atoms with E-state index >= 15 is 0 Å². The monoisotopic (exact) mass is 246 g/mol. The Balaban J connectivity index is 2.11. The number of anilines is 1. The highest BCUT2D eigenvalue weighted by molar-refractivity contribution is 6.03. The van der Waals surface area contributed by atoms with Gasteiger partial charge in [0.15, 0.2) is 5.82 Å². The summed E-state index contributed by atoms with van der Waals surface area (Å²) in [5, 5.41) is 9.49. The van der Waals surface area contributed by atoms with E-state index in [0.717, 1.165) is 5.69 Å². The first-order valence-corrected chi connectivity index (χ1v) is 5.61. The lowest BCUT2D eigenvalue weighted by Crippen LogP contribution is -2.14. The number of pyridine rings is 1. The molecule has 18 heavy (non-hydrogen) atoms. The van der Waals surface area contributed by atoms with E-state index in [2.05, 4.69) is 20.5 Å². The van der Waals surface area contributed by atoms with Gasteiger partial charge in [0.2, 0.25) is 5.56 Å². The molecule has 94 valence electrons. The molecule has 0 bridgehead atoms. The number of carbonyl (C=O) groups is 1. The van der Waals surface area contributed by atoms with Gasteiger partial charge in [0.1, 0.15) is 0 Å². The van der Waals surface area contributed by atoms with Crippen LogP contribution in [0, 0.1) is 0 Å². The summed E-state index contributed by atoms with van der Waals surface area (Å²) in [6.07, 6.45) is 1.37. The maximum atomic E-state index is 11.8. The topological polar surface area (TPSA) is 90.6 Å². The number of hydrogen-bond donors (Lipinski definition) is 3. The second kappa shape index (κ2) is 4.87. The fraction of sp³-hybridized carbons (Fsp3) is 0.250. The van der Waals surface area contributed by atoms with Gasteiger partial charge in [-0.3, -0.25) is 14.7 Å². The number of amides is 1. The maximum Gasteiger partial charge on any atom is 0.258 e. The molecule has 6 heteroatoms. The lowest BCUT2D eigenvalue weighted by molar-refractivity contribution is 0.102. The molecule has 3 N–H and O–H groups in total. The molecule has 0 saturated carbocycles. The van der Waals surface area contributed by atoms with Gasteiger partial charge >= 0.3 is 0 Å². The number of nitrogens with one attached hydrogen (secondary N) is 3. The molecular weight excluding hydrogens is 232 g/mol. The van der Waals surface area contributed by atoms with Crippen molar-refractivity contribution in [3.05, 3.63) is 46.0 Å². The molecule has 2 rings (SSSR count). The van der Waals surface area contributed by atoms with Crippen molar-refractivity contribution in [3.63, 3.8) is 0 Å². The third-order valence-corrected chi connectivity index (χ3v) is 2.51. The van der Waals surface area contributed by atoms with Crippen LogP contribution in [0.3, 0.4) is 0 Å². The van der Waals surface area contributed by atoms with Crippen LogP contribution in [-0.2, 0) is 0 Å². The first-order valence-electron chi connectivity index (χ1n) is 5.61. The zero-order valence-electron chi connectivity index (χ0n) is 10.2. The van der Waals surface area contributed by atoms with Crippen molar-refractivity contribution in [2.24, 2.45) is 0 Å². The summed E-state index contributed by atoms with van der Waals surface area (Å²) in [5.74, 6) is 0.471. The summed E-state index contributed by atoms with van der Waals surface area (Å²) >= 11 is 0. The van der Waals surface area contributed by atoms with Crippen LogP contribution in [0.25, 0.3) is 0 Å². The summed E-state index contributed by atoms with van der Waals surface area (Å²) < 4.78 is 0. The molecule has 6 nitrogen and oxygen atoms in total. The first kappa shape index (κ1) is 12.1. The number of rotatable bonds is 3. The SMILES string of the molecule is CC(C)c1cc(NC(=O)c2ccc(=O)[nH]c2)n[nH]1. The molecule has 0 aromatic carbocycles. The molecule has 0 saturated heterocycles. The van der Waals surface area contributed by atoms with Crippen molar-refractivity contribution >= 4 is 11.7 Å². The minimum Gasteiger partial charge on any atom is -0.328 e. The predicted octanol–water partition coefficient (Wildman–Crippen LogP) is 1.47. The van der Waals surface area contributed by atoms with Crippen LogP contribution in [0.4, 0.5) is 5.82 Å². The molecule has 0 fully saturated rings. The van der Waals surface area contributed by atoms with E-state index in [1.54, 1.807) is 6.07 Å². The second-order valence-electron chi connectivity index (χ2n) is 4.26. The molecule has 0 aliphatic rings. The Morgan fingerprint density at radius 1 is 1.39 bits per heavy atom. The van der Waals surface area contributed by atoms with Crippen molar-refractivity contribution in [1.82, 2.24) is 15.2 Å². The average Bonchev–Trinajstić information content (AvgIpc) is 2.78. The Morgan fingerprint density at radius 2 is 2.17 bits per heavy atom. The third-order valence-electron chi connectivity index (χ3n) is 2.51. The van der Waals surface area contributed by atoms with Crippen LogP contribution in [0.15, 0.2) is 29.2 Å². The normalized spacial score (nSPS) is 10.6. The molecule has 2 aromatic heterocycles. The Hall–Kier alpha value is -2.37. The van der Waals surface area contributed by atoms with Gasteiger partial charge in [-0.1, -0.05) is 13.8 Å². The molecule has 0 unspecified atom stereocenters. The number of H-pyrrole nitrogens is 2. The summed E-state index contributed by atoms with van der Waals surface area (Å²) in [6.45, 7) is 4.06. The molecule has 2 heterocycles. The molecule has 0 aliphatic carbocycles. The molecule has 2 aromatic rings. The molecule has 0 atom stereocenters. The Kier molecular flexibility index (Phi) is 3.27. The smallest absolute Gasteiger partial charge is 0.258 e. The fourth-order valence-electron chi connectivity index (χ4n) is 1.44. The van der Waals surface area contributed by atoms with E-state index in [0.29, 0.717) is 17.3 Å². The van der Waals surface area contributed by atoms with Crippen LogP contribution in [-0.4, -0.2) is 21.1 Å². The van der Waals surface area contributed by atoms with Gasteiger partial charge in [-0.15, -0.1) is 0 Å². The van der Waals surface area contributed by atoms with E-state index in [1.807, 2.05) is 13.8 Å². The van der Waals surface area contributed by atoms with E-state index in [1.165, 1.54) is 18.3 Å². The van der Waals surface area contributed by atoms with Crippen LogP contribution in [0.2, 0.25) is 0 Å². The fourth-order valence-corrected chi connectivity index (χ4v) is 1.44. The molecule has 0 aliphatic heterocycles. The number of aromatic nitrogens is 3. The number of hydrogen-bond acceptors (Lipinski definition) is 3. The third kappa shape index (κ3) is 2.65. The van der Waals surface area contributed by atoms with Gasteiger partial charge in [0, 0.05) is 24.0 Å². The van der Waals surface area contributed by atoms with E-state index in [4.69, 9.17) is 0 Å². The quantitative estimate of drug-likeness (QED) is 0.766. The predicted molar refractivity (Wildman–Crippen MR) is 67.7 cm³/mol. The van der Waals surface area contributed by atoms with Crippen LogP contribution in [0.5, 0.6) is 0 Å². The van der Waals surface area contributed by atoms with Crippen LogP contribution in [0.1, 0.15) is 35.8 Å². The highest BCUT2D eigenvalue weighted by Crippen LogP contribution is 2.15. The van der Waals surface area contributed by atoms with E-state index in [-0.39, 0.29) is 11.5 Å². The lowest BCUT2D eigenvalue weighted by Gasteiger charge is -2.00. The Labute approximate surface area is 103 Å². The highest BCUT2D eigenvalue weighted by atomic mass is 16.2. The average molecular weight is 246 g/mol. The van der Waals surface area contributed by atoms with Crippen LogP contribution < -0.4 is 10.9 Å². The van der Waals surface area contributed by atoms with Gasteiger partial charge < -0.3 is 10.3 Å². The molecular formula is C12H14N4O2. The van der Waals surface area contributed by atoms with Crippen molar-refractivity contribution in [2.45, 2.75) is 19.8 Å². The summed E-state index contributed by atoms with van der Waals surface area (Å²) in [6, 6.07) is 4.55. The van der Waals surface area contributed by atoms with E-state index < -0.39 is 0 Å². The maximum absolute atomic E-state index is 11.8. The zero-order chi connectivity index (χ0) is 13.1. The van der Waals surface area contributed by atoms with Crippen molar-refractivity contribution in [2.75, 3.05) is 5.32 Å². The van der Waals surface area contributed by atoms with Gasteiger partial charge in [-0.05, 0) is 12.0 Å². The molecule has 0 spiro atoms. The number of carbonyl (C=O) groups excluding carboxylic acids is 1. The Bertz CT molecular complexity index is 592. The Morgan fingerprint density at radius 3 is 2.72 bits per heavy atom. The summed E-state index contributed by atoms with van der Waals surface area (Å²) in [4.78, 5) is 25.1. The summed E-state index contributed by atoms with van der Waals surface area (Å²) in [7, 11) is 0. The second-order valence-corrected chi connectivity index (χ2v) is 4.26. The van der Waals surface area contributed by atoms with Crippen molar-refractivity contribution in [3.8, 4) is 0 Å². The largest absolute Gasteiger partial charge is 0.328 e. The first-order chi connectivity index (χ1) is 8.56. The van der Waals surface area contributed by atoms with Crippen molar-refractivity contribution in [1.29, 1.82) is 0 Å². The van der Waals surface area contributed by atoms with Crippen LogP contribution >= 0.6 is 0 Å². The molecule has 0 radical (unpaired) electrons. The van der Waals surface area contributed by atoms with Gasteiger partial charge in [0.05, 0.1) is 5.56 Å². The standard InChI is InChI=1S/C12H14N4O2/c1-7(2)9-5-10(16-15-9)14-12(18)8-3-4-11(17)13-6-8/h3-7H,1-2H3,(H,13,17)(H2,14,15,16,18). The van der Waals surface area contributed by atoms with Gasteiger partial charge in [-0.25, -0.2) is 0 Å². The van der Waals surface area contributed by atoms with Gasteiger partial charge in [-0.2, -0.15) is 5.10 Å². The van der Waals surface area contributed by atoms with E-state index in [9.17, 15) is 9.59 Å². The lowest BCUT2D eigenvalue weighted by atomic mass is 10.1.